The second-order valence-corrected chi connectivity index (χ2v) is 10.6. The molecule has 8 rings (SSSR count). The molecule has 7 fully saturated rings. The van der Waals surface area contributed by atoms with Gasteiger partial charge in [-0.15, -0.1) is 0 Å². The Balaban J connectivity index is 1.12. The summed E-state index contributed by atoms with van der Waals surface area (Å²) in [5.41, 5.74) is -0.0956. The van der Waals surface area contributed by atoms with Gasteiger partial charge in [0.25, 0.3) is 0 Å². The van der Waals surface area contributed by atoms with E-state index in [1.165, 1.54) is 25.7 Å². The lowest BCUT2D eigenvalue weighted by atomic mass is 9.54. The molecule has 25 heavy (non-hydrogen) atoms. The van der Waals surface area contributed by atoms with Crippen molar-refractivity contribution in [1.29, 1.82) is 0 Å². The number of hydrogen-bond donors (Lipinski definition) is 0. The van der Waals surface area contributed by atoms with E-state index in [0.717, 1.165) is 49.4 Å². The molecule has 0 radical (unpaired) electrons. The molecule has 0 amide bonds. The summed E-state index contributed by atoms with van der Waals surface area (Å²) in [6.07, 6.45) is 15.1. The highest BCUT2D eigenvalue weighted by atomic mass is 16.6. The van der Waals surface area contributed by atoms with Crippen molar-refractivity contribution >= 4 is 5.97 Å². The van der Waals surface area contributed by atoms with Crippen LogP contribution in [0, 0.1) is 47.3 Å². The van der Waals surface area contributed by atoms with Gasteiger partial charge in [-0.3, -0.25) is 4.79 Å². The van der Waals surface area contributed by atoms with Gasteiger partial charge in [-0.1, -0.05) is 12.2 Å². The molecule has 8 aliphatic rings. The lowest BCUT2D eigenvalue weighted by Gasteiger charge is -2.56. The predicted molar refractivity (Wildman–Crippen MR) is 91.5 cm³/mol. The molecule has 0 aromatic rings. The first kappa shape index (κ1) is 14.3. The Morgan fingerprint density at radius 3 is 2.20 bits per heavy atom. The molecule has 5 saturated carbocycles. The normalized spacial score (nSPS) is 61.9. The number of ether oxygens (including phenoxy) is 2. The molecule has 0 N–H and O–H groups in total. The summed E-state index contributed by atoms with van der Waals surface area (Å²) < 4.78 is 12.7. The van der Waals surface area contributed by atoms with Crippen LogP contribution < -0.4 is 0 Å². The fourth-order valence-electron chi connectivity index (χ4n) is 8.90. The number of hydrogen-bond acceptors (Lipinski definition) is 3. The Hall–Kier alpha value is -0.830. The smallest absolute Gasteiger partial charge is 0.312 e. The summed E-state index contributed by atoms with van der Waals surface area (Å²) >= 11 is 0. The molecule has 7 unspecified atom stereocenters. The van der Waals surface area contributed by atoms with Crippen LogP contribution in [0.3, 0.4) is 0 Å². The molecule has 2 heterocycles. The molecule has 0 aromatic heterocycles. The predicted octanol–water partition coefficient (Wildman–Crippen LogP) is 3.72. The Labute approximate surface area is 149 Å². The number of rotatable bonds is 2. The third-order valence-electron chi connectivity index (χ3n) is 9.21. The van der Waals surface area contributed by atoms with E-state index >= 15 is 0 Å². The largest absolute Gasteiger partial charge is 0.459 e. The lowest BCUT2D eigenvalue weighted by molar-refractivity contribution is -0.193. The van der Waals surface area contributed by atoms with Gasteiger partial charge in [-0.2, -0.15) is 0 Å². The number of carbonyl (C=O) groups excluding carboxylic acids is 1. The molecule has 0 aromatic carbocycles. The second-order valence-electron chi connectivity index (χ2n) is 10.6. The first-order chi connectivity index (χ1) is 12.2. The summed E-state index contributed by atoms with van der Waals surface area (Å²) in [5, 5.41) is 0. The highest BCUT2D eigenvalue weighted by molar-refractivity contribution is 5.74. The van der Waals surface area contributed by atoms with Crippen LogP contribution in [0.4, 0.5) is 0 Å². The molecule has 3 heteroatoms. The van der Waals surface area contributed by atoms with Crippen LogP contribution >= 0.6 is 0 Å². The van der Waals surface area contributed by atoms with Crippen LogP contribution in [0.2, 0.25) is 0 Å². The number of fused-ring (bicyclic) bond motifs is 9. The third-order valence-corrected chi connectivity index (χ3v) is 9.21. The summed E-state index contributed by atoms with van der Waals surface area (Å²) in [7, 11) is 0. The van der Waals surface area contributed by atoms with Crippen LogP contribution in [-0.2, 0) is 14.3 Å². The Morgan fingerprint density at radius 2 is 1.52 bits per heavy atom. The SMILES string of the molecule is O=C(OC12CC3CC(CC(C3)C1)C2)C1CC2OC1C1C3C=CC(C3)C21. The van der Waals surface area contributed by atoms with Crippen LogP contribution in [0.25, 0.3) is 0 Å². The lowest BCUT2D eigenvalue weighted by Crippen LogP contribution is -2.54. The van der Waals surface area contributed by atoms with Gasteiger partial charge in [0, 0.05) is 0 Å². The molecule has 3 nitrogen and oxygen atoms in total. The van der Waals surface area contributed by atoms with Crippen molar-refractivity contribution < 1.29 is 14.3 Å². The number of allylic oxidation sites excluding steroid dienone is 2. The maximum atomic E-state index is 13.2. The minimum Gasteiger partial charge on any atom is -0.459 e. The Bertz CT molecular complexity index is 631. The van der Waals surface area contributed by atoms with Crippen molar-refractivity contribution in [3.8, 4) is 0 Å². The van der Waals surface area contributed by atoms with Crippen molar-refractivity contribution in [2.24, 2.45) is 47.3 Å². The van der Waals surface area contributed by atoms with E-state index in [1.807, 2.05) is 0 Å². The van der Waals surface area contributed by atoms with Gasteiger partial charge < -0.3 is 9.47 Å². The molecular formula is C22H28O3. The molecule has 2 aliphatic heterocycles. The summed E-state index contributed by atoms with van der Waals surface area (Å²) in [6, 6.07) is 0. The molecule has 134 valence electrons. The average molecular weight is 340 g/mol. The minimum atomic E-state index is -0.0956. The fourth-order valence-corrected chi connectivity index (χ4v) is 8.90. The standard InChI is InChI=1S/C22H28O3/c23-21(25-22-8-11-3-12(9-22)5-13(4-11)10-22)16-7-17-18-14-1-2-15(6-14)19(18)20(16)24-17/h1-2,11-20H,3-10H2. The van der Waals surface area contributed by atoms with Crippen molar-refractivity contribution in [3.05, 3.63) is 12.2 Å². The van der Waals surface area contributed by atoms with Gasteiger partial charge in [0.1, 0.15) is 5.60 Å². The first-order valence-electron chi connectivity index (χ1n) is 10.7. The van der Waals surface area contributed by atoms with Crippen molar-refractivity contribution in [2.45, 2.75) is 69.2 Å². The molecule has 8 bridgehead atoms. The zero-order chi connectivity index (χ0) is 16.3. The average Bonchev–Trinajstić information content (AvgIpc) is 3.32. The molecular weight excluding hydrogens is 312 g/mol. The van der Waals surface area contributed by atoms with Gasteiger partial charge in [-0.05, 0) is 92.8 Å². The first-order valence-corrected chi connectivity index (χ1v) is 10.7. The van der Waals surface area contributed by atoms with Gasteiger partial charge in [-0.25, -0.2) is 0 Å². The topological polar surface area (TPSA) is 35.5 Å². The van der Waals surface area contributed by atoms with Gasteiger partial charge in [0.05, 0.1) is 18.1 Å². The van der Waals surface area contributed by atoms with Gasteiger partial charge >= 0.3 is 5.97 Å². The third kappa shape index (κ3) is 1.79. The molecule has 6 aliphatic carbocycles. The monoisotopic (exact) mass is 340 g/mol. The van der Waals surface area contributed by atoms with Crippen LogP contribution in [0.15, 0.2) is 12.2 Å². The van der Waals surface area contributed by atoms with Gasteiger partial charge in [0.2, 0.25) is 0 Å². The van der Waals surface area contributed by atoms with E-state index in [9.17, 15) is 4.79 Å². The van der Waals surface area contributed by atoms with Crippen LogP contribution in [0.1, 0.15) is 51.4 Å². The van der Waals surface area contributed by atoms with Gasteiger partial charge in [0.15, 0.2) is 0 Å². The second kappa shape index (κ2) is 4.52. The van der Waals surface area contributed by atoms with E-state index in [1.54, 1.807) is 0 Å². The summed E-state index contributed by atoms with van der Waals surface area (Å²) in [6.45, 7) is 0. The van der Waals surface area contributed by atoms with Crippen LogP contribution in [-0.4, -0.2) is 23.8 Å². The zero-order valence-corrected chi connectivity index (χ0v) is 14.8. The quantitative estimate of drug-likeness (QED) is 0.568. The van der Waals surface area contributed by atoms with E-state index in [4.69, 9.17) is 9.47 Å². The van der Waals surface area contributed by atoms with Crippen molar-refractivity contribution in [1.82, 2.24) is 0 Å². The van der Waals surface area contributed by atoms with E-state index in [-0.39, 0.29) is 23.6 Å². The van der Waals surface area contributed by atoms with E-state index in [0.29, 0.717) is 23.9 Å². The van der Waals surface area contributed by atoms with E-state index in [2.05, 4.69) is 12.2 Å². The summed E-state index contributed by atoms with van der Waals surface area (Å²) in [4.78, 5) is 13.2. The Kier molecular flexibility index (Phi) is 2.58. The maximum absolute atomic E-state index is 13.2. The number of carbonyl (C=O) groups is 1. The minimum absolute atomic E-state index is 0.0204. The molecule has 7 atom stereocenters. The highest BCUT2D eigenvalue weighted by Gasteiger charge is 2.64. The molecule has 2 saturated heterocycles. The maximum Gasteiger partial charge on any atom is 0.312 e. The summed E-state index contributed by atoms with van der Waals surface area (Å²) in [5.74, 6) is 5.30. The highest BCUT2D eigenvalue weighted by Crippen LogP contribution is 2.62. The van der Waals surface area contributed by atoms with Crippen molar-refractivity contribution in [3.63, 3.8) is 0 Å². The van der Waals surface area contributed by atoms with E-state index < -0.39 is 0 Å². The van der Waals surface area contributed by atoms with Crippen molar-refractivity contribution in [2.75, 3.05) is 0 Å². The molecule has 0 spiro atoms. The fraction of sp³-hybridized carbons (Fsp3) is 0.864. The Morgan fingerprint density at radius 1 is 0.880 bits per heavy atom. The zero-order valence-electron chi connectivity index (χ0n) is 14.8. The number of esters is 1. The van der Waals surface area contributed by atoms with Crippen LogP contribution in [0.5, 0.6) is 0 Å².